The average Bonchev–Trinajstić information content (AvgIpc) is 3.43. The second-order valence-electron chi connectivity index (χ2n) is 7.00. The number of rotatable bonds is 7. The zero-order chi connectivity index (χ0) is 21.6. The van der Waals surface area contributed by atoms with Crippen LogP contribution in [-0.2, 0) is 22.6 Å². The average molecular weight is 432 g/mol. The molecule has 2 heterocycles. The first-order chi connectivity index (χ1) is 15.1. The van der Waals surface area contributed by atoms with Gasteiger partial charge in [0.15, 0.2) is 5.13 Å². The molecule has 0 aliphatic heterocycles. The number of nitrogens with one attached hydrogen (secondary N) is 2. The van der Waals surface area contributed by atoms with Crippen molar-refractivity contribution in [1.82, 2.24) is 20.1 Å². The quantitative estimate of drug-likeness (QED) is 0.466. The molecule has 0 radical (unpaired) electrons. The summed E-state index contributed by atoms with van der Waals surface area (Å²) in [6.45, 7) is 1.99. The van der Waals surface area contributed by atoms with Crippen molar-refractivity contribution in [3.05, 3.63) is 83.5 Å². The van der Waals surface area contributed by atoms with E-state index in [0.717, 1.165) is 28.1 Å². The fourth-order valence-corrected chi connectivity index (χ4v) is 3.74. The first-order valence-corrected chi connectivity index (χ1v) is 10.6. The van der Waals surface area contributed by atoms with Crippen molar-refractivity contribution in [2.75, 3.05) is 5.32 Å². The minimum Gasteiger partial charge on any atom is -0.352 e. The molecule has 2 N–H and O–H groups in total. The lowest BCUT2D eigenvalue weighted by atomic mass is 10.1. The zero-order valence-corrected chi connectivity index (χ0v) is 17.7. The summed E-state index contributed by atoms with van der Waals surface area (Å²) in [7, 11) is 0. The van der Waals surface area contributed by atoms with Gasteiger partial charge in [0, 0.05) is 30.6 Å². The molecule has 0 atom stereocenters. The Kier molecular flexibility index (Phi) is 6.18. The van der Waals surface area contributed by atoms with Crippen LogP contribution in [0.25, 0.3) is 16.9 Å². The molecule has 2 aromatic heterocycles. The third-order valence-electron chi connectivity index (χ3n) is 4.56. The van der Waals surface area contributed by atoms with Gasteiger partial charge in [-0.25, -0.2) is 9.67 Å². The molecule has 0 bridgehead atoms. The van der Waals surface area contributed by atoms with E-state index >= 15 is 0 Å². The maximum absolute atomic E-state index is 12.4. The molecule has 0 aliphatic rings. The van der Waals surface area contributed by atoms with Crippen molar-refractivity contribution in [3.63, 3.8) is 0 Å². The van der Waals surface area contributed by atoms with Gasteiger partial charge in [-0.05, 0) is 23.3 Å². The van der Waals surface area contributed by atoms with E-state index in [2.05, 4.69) is 20.7 Å². The van der Waals surface area contributed by atoms with Crippen LogP contribution in [-0.4, -0.2) is 26.6 Å². The van der Waals surface area contributed by atoms with Crippen molar-refractivity contribution < 1.29 is 9.59 Å². The molecule has 2 amide bonds. The molecule has 4 aromatic rings. The number of anilines is 1. The van der Waals surface area contributed by atoms with Gasteiger partial charge in [-0.15, -0.1) is 11.3 Å². The standard InChI is InChI=1S/C23H21N5O2S/c1-16(29)24-12-17-7-9-19(10-8-17)21-15-31-23(26-21)27-22(30)11-18-13-25-28(14-18)20-5-3-2-4-6-20/h2-10,13-15H,11-12H2,1H3,(H,24,29)(H,26,27,30). The number of benzene rings is 2. The Bertz CT molecular complexity index is 1180. The summed E-state index contributed by atoms with van der Waals surface area (Å²) in [4.78, 5) is 28.0. The lowest BCUT2D eigenvalue weighted by Crippen LogP contribution is -2.18. The molecule has 156 valence electrons. The number of hydrogen-bond donors (Lipinski definition) is 2. The van der Waals surface area contributed by atoms with Crippen LogP contribution >= 0.6 is 11.3 Å². The van der Waals surface area contributed by atoms with E-state index in [1.54, 1.807) is 10.9 Å². The van der Waals surface area contributed by atoms with E-state index in [1.165, 1.54) is 18.3 Å². The second kappa shape index (κ2) is 9.36. The van der Waals surface area contributed by atoms with Crippen molar-refractivity contribution in [2.24, 2.45) is 0 Å². The van der Waals surface area contributed by atoms with Gasteiger partial charge in [0.2, 0.25) is 11.8 Å². The minimum atomic E-state index is -0.140. The molecule has 0 spiro atoms. The molecule has 7 nitrogen and oxygen atoms in total. The summed E-state index contributed by atoms with van der Waals surface area (Å²) in [5, 5.41) is 12.4. The van der Waals surface area contributed by atoms with Crippen LogP contribution in [0.2, 0.25) is 0 Å². The highest BCUT2D eigenvalue weighted by atomic mass is 32.1. The third-order valence-corrected chi connectivity index (χ3v) is 5.32. The van der Waals surface area contributed by atoms with Crippen LogP contribution in [0, 0.1) is 0 Å². The maximum atomic E-state index is 12.4. The molecule has 0 saturated carbocycles. The van der Waals surface area contributed by atoms with Crippen LogP contribution in [0.5, 0.6) is 0 Å². The van der Waals surface area contributed by atoms with Gasteiger partial charge in [-0.3, -0.25) is 9.59 Å². The van der Waals surface area contributed by atoms with Gasteiger partial charge in [0.05, 0.1) is 24.0 Å². The summed E-state index contributed by atoms with van der Waals surface area (Å²) >= 11 is 1.38. The second-order valence-corrected chi connectivity index (χ2v) is 7.86. The van der Waals surface area contributed by atoms with Crippen LogP contribution in [0.3, 0.4) is 0 Å². The summed E-state index contributed by atoms with van der Waals surface area (Å²) in [5.74, 6) is -0.199. The predicted octanol–water partition coefficient (Wildman–Crippen LogP) is 3.81. The Balaban J connectivity index is 1.35. The van der Waals surface area contributed by atoms with E-state index in [1.807, 2.05) is 66.2 Å². The van der Waals surface area contributed by atoms with Crippen molar-refractivity contribution in [2.45, 2.75) is 19.9 Å². The Morgan fingerprint density at radius 1 is 1.03 bits per heavy atom. The summed E-state index contributed by atoms with van der Waals surface area (Å²) in [5.41, 5.74) is 4.53. The molecular weight excluding hydrogens is 410 g/mol. The third kappa shape index (κ3) is 5.43. The van der Waals surface area contributed by atoms with E-state index < -0.39 is 0 Å². The van der Waals surface area contributed by atoms with Gasteiger partial charge < -0.3 is 10.6 Å². The monoisotopic (exact) mass is 431 g/mol. The number of thiazole rings is 1. The number of carbonyl (C=O) groups excluding carboxylic acids is 2. The first kappa shape index (κ1) is 20.5. The van der Waals surface area contributed by atoms with Gasteiger partial charge in [-0.1, -0.05) is 42.5 Å². The molecule has 0 aliphatic carbocycles. The van der Waals surface area contributed by atoms with Crippen LogP contribution in [0.1, 0.15) is 18.1 Å². The molecule has 31 heavy (non-hydrogen) atoms. The van der Waals surface area contributed by atoms with Gasteiger partial charge in [0.1, 0.15) is 0 Å². The fourth-order valence-electron chi connectivity index (χ4n) is 3.01. The topological polar surface area (TPSA) is 88.9 Å². The van der Waals surface area contributed by atoms with Gasteiger partial charge in [-0.2, -0.15) is 5.10 Å². The molecule has 0 saturated heterocycles. The summed E-state index contributed by atoms with van der Waals surface area (Å²) in [6, 6.07) is 17.6. The lowest BCUT2D eigenvalue weighted by Gasteiger charge is -2.03. The number of amides is 2. The molecule has 4 rings (SSSR count). The number of para-hydroxylation sites is 1. The highest BCUT2D eigenvalue weighted by Crippen LogP contribution is 2.25. The SMILES string of the molecule is CC(=O)NCc1ccc(-c2csc(NC(=O)Cc3cnn(-c4ccccc4)c3)n2)cc1. The predicted molar refractivity (Wildman–Crippen MR) is 121 cm³/mol. The van der Waals surface area contributed by atoms with Gasteiger partial charge >= 0.3 is 0 Å². The van der Waals surface area contributed by atoms with Crippen molar-refractivity contribution >= 4 is 28.3 Å². The first-order valence-electron chi connectivity index (χ1n) is 9.75. The summed E-state index contributed by atoms with van der Waals surface area (Å²) < 4.78 is 1.75. The molecular formula is C23H21N5O2S. The Hall–Kier alpha value is -3.78. The van der Waals surface area contributed by atoms with Crippen molar-refractivity contribution in [3.8, 4) is 16.9 Å². The van der Waals surface area contributed by atoms with Gasteiger partial charge in [0.25, 0.3) is 0 Å². The Morgan fingerprint density at radius 3 is 2.55 bits per heavy atom. The number of nitrogens with zero attached hydrogens (tertiary/aromatic N) is 3. The van der Waals surface area contributed by atoms with E-state index in [9.17, 15) is 9.59 Å². The number of carbonyl (C=O) groups is 2. The molecule has 0 fully saturated rings. The van der Waals surface area contributed by atoms with E-state index in [4.69, 9.17) is 0 Å². The minimum absolute atomic E-state index is 0.0589. The van der Waals surface area contributed by atoms with Crippen LogP contribution in [0.15, 0.2) is 72.4 Å². The smallest absolute Gasteiger partial charge is 0.230 e. The zero-order valence-electron chi connectivity index (χ0n) is 16.9. The molecule has 2 aromatic carbocycles. The molecule has 0 unspecified atom stereocenters. The normalized spacial score (nSPS) is 10.6. The highest BCUT2D eigenvalue weighted by Gasteiger charge is 2.11. The fraction of sp³-hybridized carbons (Fsp3) is 0.130. The molecule has 8 heteroatoms. The summed E-state index contributed by atoms with van der Waals surface area (Å²) in [6.07, 6.45) is 3.77. The van der Waals surface area contributed by atoms with Crippen LogP contribution in [0.4, 0.5) is 5.13 Å². The Morgan fingerprint density at radius 2 is 1.81 bits per heavy atom. The Labute approximate surface area is 183 Å². The van der Waals surface area contributed by atoms with E-state index in [-0.39, 0.29) is 18.2 Å². The van der Waals surface area contributed by atoms with E-state index in [0.29, 0.717) is 11.7 Å². The van der Waals surface area contributed by atoms with Crippen LogP contribution < -0.4 is 10.6 Å². The van der Waals surface area contributed by atoms with Crippen molar-refractivity contribution in [1.29, 1.82) is 0 Å². The maximum Gasteiger partial charge on any atom is 0.230 e. The largest absolute Gasteiger partial charge is 0.352 e. The lowest BCUT2D eigenvalue weighted by molar-refractivity contribution is -0.119. The number of aromatic nitrogens is 3. The highest BCUT2D eigenvalue weighted by molar-refractivity contribution is 7.14. The number of hydrogen-bond acceptors (Lipinski definition) is 5.